The molecule has 0 atom stereocenters. The first kappa shape index (κ1) is 17.1. The Hall–Kier alpha value is -2.32. The molecule has 3 aromatic carbocycles. The molecule has 0 amide bonds. The van der Waals surface area contributed by atoms with Crippen LogP contribution in [0.3, 0.4) is 0 Å². The maximum Gasteiger partial charge on any atom is 0.135 e. The first-order valence-corrected chi connectivity index (χ1v) is 12.3. The Morgan fingerprint density at radius 2 is 1.38 bits per heavy atom. The standard InChI is InChI=1S/C24H26OSi/c1-24(2,3)23-21(26(4,5)17-11-7-6-8-12-17)16-15-20-22(23)18-13-9-10-14-19(18)25-20/h6-16H,1-5H3. The Kier molecular flexibility index (Phi) is 3.85. The van der Waals surface area contributed by atoms with E-state index in [4.69, 9.17) is 4.42 Å². The molecule has 0 bridgehead atoms. The minimum Gasteiger partial charge on any atom is -0.456 e. The summed E-state index contributed by atoms with van der Waals surface area (Å²) in [6.45, 7) is 11.9. The van der Waals surface area contributed by atoms with Crippen LogP contribution in [0, 0.1) is 0 Å². The zero-order valence-electron chi connectivity index (χ0n) is 16.3. The molecule has 0 fully saturated rings. The van der Waals surface area contributed by atoms with Crippen LogP contribution in [0.15, 0.2) is 71.1 Å². The lowest BCUT2D eigenvalue weighted by molar-refractivity contribution is 0.598. The van der Waals surface area contributed by atoms with Gasteiger partial charge in [-0.25, -0.2) is 0 Å². The summed E-state index contributed by atoms with van der Waals surface area (Å²) in [5.74, 6) is 0. The predicted molar refractivity (Wildman–Crippen MR) is 116 cm³/mol. The summed E-state index contributed by atoms with van der Waals surface area (Å²) in [6, 6.07) is 23.9. The molecule has 1 nitrogen and oxygen atoms in total. The third-order valence-electron chi connectivity index (χ3n) is 5.46. The Morgan fingerprint density at radius 1 is 0.731 bits per heavy atom. The summed E-state index contributed by atoms with van der Waals surface area (Å²) >= 11 is 0. The smallest absolute Gasteiger partial charge is 0.135 e. The average molecular weight is 359 g/mol. The van der Waals surface area contributed by atoms with E-state index in [1.807, 2.05) is 6.07 Å². The first-order valence-electron chi connectivity index (χ1n) is 9.31. The van der Waals surface area contributed by atoms with Crippen LogP contribution in [-0.4, -0.2) is 8.07 Å². The molecule has 4 rings (SSSR count). The van der Waals surface area contributed by atoms with Gasteiger partial charge in [0.2, 0.25) is 0 Å². The van der Waals surface area contributed by atoms with E-state index in [0.717, 1.165) is 11.2 Å². The maximum atomic E-state index is 6.18. The van der Waals surface area contributed by atoms with Gasteiger partial charge in [0.25, 0.3) is 0 Å². The quantitative estimate of drug-likeness (QED) is 0.419. The second kappa shape index (κ2) is 5.85. The minimum atomic E-state index is -1.83. The molecule has 0 aliphatic carbocycles. The fraction of sp³-hybridized carbons (Fsp3) is 0.250. The second-order valence-corrected chi connectivity index (χ2v) is 13.1. The number of hydrogen-bond donors (Lipinski definition) is 0. The Bertz CT molecular complexity index is 1080. The van der Waals surface area contributed by atoms with Gasteiger partial charge in [-0.15, -0.1) is 0 Å². The van der Waals surface area contributed by atoms with Gasteiger partial charge in [0.1, 0.15) is 19.2 Å². The third kappa shape index (κ3) is 2.60. The van der Waals surface area contributed by atoms with Gasteiger partial charge >= 0.3 is 0 Å². The van der Waals surface area contributed by atoms with Gasteiger partial charge in [-0.2, -0.15) is 0 Å². The summed E-state index contributed by atoms with van der Waals surface area (Å²) in [7, 11) is -1.83. The number of rotatable bonds is 2. The van der Waals surface area contributed by atoms with E-state index >= 15 is 0 Å². The van der Waals surface area contributed by atoms with Gasteiger partial charge in [-0.1, -0.05) is 98.8 Å². The molecule has 0 saturated heterocycles. The van der Waals surface area contributed by atoms with Crippen molar-refractivity contribution < 1.29 is 4.42 Å². The van der Waals surface area contributed by atoms with Crippen LogP contribution in [0.25, 0.3) is 21.9 Å². The molecule has 0 spiro atoms. The van der Waals surface area contributed by atoms with E-state index in [0.29, 0.717) is 0 Å². The molecule has 0 aliphatic rings. The molecule has 132 valence electrons. The van der Waals surface area contributed by atoms with Crippen molar-refractivity contribution in [1.82, 2.24) is 0 Å². The molecule has 0 radical (unpaired) electrons. The van der Waals surface area contributed by atoms with E-state index in [9.17, 15) is 0 Å². The van der Waals surface area contributed by atoms with Crippen molar-refractivity contribution in [3.8, 4) is 0 Å². The molecule has 1 aromatic heterocycles. The molecule has 26 heavy (non-hydrogen) atoms. The normalized spacial score (nSPS) is 12.8. The number of hydrogen-bond acceptors (Lipinski definition) is 1. The SMILES string of the molecule is CC(C)(C)c1c([Si](C)(C)c2ccccc2)ccc2oc3ccccc3c12. The van der Waals surface area contributed by atoms with Gasteiger partial charge in [0.05, 0.1) is 0 Å². The van der Waals surface area contributed by atoms with Crippen LogP contribution >= 0.6 is 0 Å². The maximum absolute atomic E-state index is 6.18. The molecular formula is C24H26OSi. The molecule has 0 aliphatic heterocycles. The fourth-order valence-electron chi connectivity index (χ4n) is 4.13. The fourth-order valence-corrected chi connectivity index (χ4v) is 7.09. The van der Waals surface area contributed by atoms with Crippen LogP contribution in [0.5, 0.6) is 0 Å². The van der Waals surface area contributed by atoms with E-state index < -0.39 is 8.07 Å². The van der Waals surface area contributed by atoms with Crippen LogP contribution in [0.1, 0.15) is 26.3 Å². The van der Waals surface area contributed by atoms with Crippen LogP contribution < -0.4 is 10.4 Å². The Morgan fingerprint density at radius 3 is 2.08 bits per heavy atom. The van der Waals surface area contributed by atoms with Gasteiger partial charge in [0, 0.05) is 10.8 Å². The zero-order valence-corrected chi connectivity index (χ0v) is 17.3. The highest BCUT2D eigenvalue weighted by molar-refractivity contribution is 7.00. The van der Waals surface area contributed by atoms with Crippen molar-refractivity contribution in [1.29, 1.82) is 0 Å². The zero-order chi connectivity index (χ0) is 18.5. The highest BCUT2D eigenvalue weighted by Gasteiger charge is 2.34. The second-order valence-electron chi connectivity index (χ2n) is 8.70. The largest absolute Gasteiger partial charge is 0.456 e. The monoisotopic (exact) mass is 358 g/mol. The molecule has 2 heteroatoms. The minimum absolute atomic E-state index is 0.0422. The van der Waals surface area contributed by atoms with Crippen molar-refractivity contribution in [2.24, 2.45) is 0 Å². The van der Waals surface area contributed by atoms with E-state index in [1.54, 1.807) is 0 Å². The molecule has 0 N–H and O–H groups in total. The molecule has 0 unspecified atom stereocenters. The molecular weight excluding hydrogens is 332 g/mol. The van der Waals surface area contributed by atoms with Gasteiger partial charge in [0.15, 0.2) is 0 Å². The van der Waals surface area contributed by atoms with E-state index in [2.05, 4.69) is 94.5 Å². The predicted octanol–water partition coefficient (Wildman–Crippen LogP) is 5.71. The van der Waals surface area contributed by atoms with Gasteiger partial charge < -0.3 is 4.42 Å². The number of benzene rings is 3. The van der Waals surface area contributed by atoms with Crippen molar-refractivity contribution in [2.45, 2.75) is 39.3 Å². The highest BCUT2D eigenvalue weighted by atomic mass is 28.3. The number of fused-ring (bicyclic) bond motifs is 3. The van der Waals surface area contributed by atoms with Crippen molar-refractivity contribution in [3.05, 3.63) is 72.3 Å². The first-order chi connectivity index (χ1) is 12.3. The third-order valence-corrected chi connectivity index (χ3v) is 9.00. The van der Waals surface area contributed by atoms with E-state index in [-0.39, 0.29) is 5.41 Å². The Labute approximate surface area is 156 Å². The van der Waals surface area contributed by atoms with Crippen LogP contribution in [0.2, 0.25) is 13.1 Å². The number of para-hydroxylation sites is 1. The molecule has 0 saturated carbocycles. The number of furan rings is 1. The summed E-state index contributed by atoms with van der Waals surface area (Å²) in [6.07, 6.45) is 0. The lowest BCUT2D eigenvalue weighted by Gasteiger charge is -2.32. The lowest BCUT2D eigenvalue weighted by Crippen LogP contribution is -2.55. The molecule has 4 aromatic rings. The van der Waals surface area contributed by atoms with Crippen molar-refractivity contribution in [2.75, 3.05) is 0 Å². The Balaban J connectivity index is 2.12. The van der Waals surface area contributed by atoms with Crippen molar-refractivity contribution in [3.63, 3.8) is 0 Å². The van der Waals surface area contributed by atoms with Gasteiger partial charge in [-0.05, 0) is 23.1 Å². The summed E-state index contributed by atoms with van der Waals surface area (Å²) in [5, 5.41) is 5.50. The average Bonchev–Trinajstić information content (AvgIpc) is 2.99. The topological polar surface area (TPSA) is 13.1 Å². The highest BCUT2D eigenvalue weighted by Crippen LogP contribution is 2.37. The molecule has 1 heterocycles. The van der Waals surface area contributed by atoms with Crippen LogP contribution in [-0.2, 0) is 5.41 Å². The van der Waals surface area contributed by atoms with Crippen LogP contribution in [0.4, 0.5) is 0 Å². The lowest BCUT2D eigenvalue weighted by atomic mass is 9.84. The van der Waals surface area contributed by atoms with E-state index in [1.165, 1.54) is 26.7 Å². The summed E-state index contributed by atoms with van der Waals surface area (Å²) in [5.41, 5.74) is 3.46. The summed E-state index contributed by atoms with van der Waals surface area (Å²) in [4.78, 5) is 0. The summed E-state index contributed by atoms with van der Waals surface area (Å²) < 4.78 is 6.18. The van der Waals surface area contributed by atoms with Gasteiger partial charge in [-0.3, -0.25) is 0 Å². The van der Waals surface area contributed by atoms with Crippen molar-refractivity contribution >= 4 is 40.4 Å².